The van der Waals surface area contributed by atoms with Crippen LogP contribution in [0.4, 0.5) is 5.82 Å². The number of rotatable bonds is 5. The van der Waals surface area contributed by atoms with Crippen LogP contribution in [0.2, 0.25) is 0 Å². The van der Waals surface area contributed by atoms with Crippen LogP contribution in [-0.4, -0.2) is 34.7 Å². The maximum atomic E-state index is 11.3. The Labute approximate surface area is 106 Å². The highest BCUT2D eigenvalue weighted by Crippen LogP contribution is 2.10. The lowest BCUT2D eigenvalue weighted by Gasteiger charge is -2.08. The molecule has 1 amide bonds. The van der Waals surface area contributed by atoms with Crippen LogP contribution in [0.15, 0.2) is 22.8 Å². The van der Waals surface area contributed by atoms with Gasteiger partial charge in [-0.05, 0) is 35.0 Å². The number of hydrogen-bond donors (Lipinski definition) is 2. The molecular weight excluding hydrogens is 292 g/mol. The molecule has 0 unspecified atom stereocenters. The molecule has 0 fully saturated rings. The number of carbonyl (C=O) groups is 2. The lowest BCUT2D eigenvalue weighted by atomic mass is 10.4. The second-order valence-electron chi connectivity index (χ2n) is 3.20. The fourth-order valence-corrected chi connectivity index (χ4v) is 1.14. The van der Waals surface area contributed by atoms with E-state index in [1.807, 2.05) is 0 Å². The topological polar surface area (TPSA) is 88.5 Å². The van der Waals surface area contributed by atoms with Crippen molar-refractivity contribution in [3.05, 3.63) is 22.8 Å². The van der Waals surface area contributed by atoms with E-state index in [1.165, 1.54) is 13.1 Å². The van der Waals surface area contributed by atoms with Crippen LogP contribution in [0.25, 0.3) is 0 Å². The summed E-state index contributed by atoms with van der Waals surface area (Å²) in [6.07, 6.45) is 0.523. The van der Waals surface area contributed by atoms with Crippen molar-refractivity contribution in [2.45, 2.75) is 13.0 Å². The van der Waals surface area contributed by atoms with Gasteiger partial charge in [0.2, 0.25) is 0 Å². The SMILES string of the molecule is C[C@@H](OCC(=O)Nc1ccc(Br)cn1)C(=O)O. The fourth-order valence-electron chi connectivity index (χ4n) is 0.901. The largest absolute Gasteiger partial charge is 0.479 e. The van der Waals surface area contributed by atoms with Crippen molar-refractivity contribution in [2.75, 3.05) is 11.9 Å². The van der Waals surface area contributed by atoms with Gasteiger partial charge in [-0.1, -0.05) is 0 Å². The standard InChI is InChI=1S/C10H11BrN2O4/c1-6(10(15)16)17-5-9(14)13-8-3-2-7(11)4-12-8/h2-4,6H,5H2,1H3,(H,15,16)(H,12,13,14)/t6-/m1/s1. The van der Waals surface area contributed by atoms with E-state index in [4.69, 9.17) is 9.84 Å². The second-order valence-corrected chi connectivity index (χ2v) is 4.12. The molecule has 0 aliphatic heterocycles. The smallest absolute Gasteiger partial charge is 0.332 e. The Balaban J connectivity index is 2.39. The number of aromatic nitrogens is 1. The van der Waals surface area contributed by atoms with E-state index in [-0.39, 0.29) is 6.61 Å². The van der Waals surface area contributed by atoms with E-state index in [0.717, 1.165) is 4.47 Å². The number of pyridine rings is 1. The number of carbonyl (C=O) groups excluding carboxylic acids is 1. The quantitative estimate of drug-likeness (QED) is 0.855. The van der Waals surface area contributed by atoms with Crippen LogP contribution in [0.1, 0.15) is 6.92 Å². The molecule has 0 saturated carbocycles. The average molecular weight is 303 g/mol. The van der Waals surface area contributed by atoms with Gasteiger partial charge in [-0.3, -0.25) is 4.79 Å². The molecule has 92 valence electrons. The first kappa shape index (κ1) is 13.6. The molecule has 2 N–H and O–H groups in total. The van der Waals surface area contributed by atoms with Crippen molar-refractivity contribution in [1.82, 2.24) is 4.98 Å². The average Bonchev–Trinajstić information content (AvgIpc) is 2.29. The molecule has 1 rings (SSSR count). The van der Waals surface area contributed by atoms with Crippen LogP contribution in [0, 0.1) is 0 Å². The lowest BCUT2D eigenvalue weighted by molar-refractivity contribution is -0.150. The zero-order valence-corrected chi connectivity index (χ0v) is 10.6. The molecule has 1 atom stereocenters. The fraction of sp³-hybridized carbons (Fsp3) is 0.300. The number of aliphatic carboxylic acids is 1. The second kappa shape index (κ2) is 6.31. The van der Waals surface area contributed by atoms with Gasteiger partial charge in [-0.25, -0.2) is 9.78 Å². The van der Waals surface area contributed by atoms with Gasteiger partial charge in [0.05, 0.1) is 0 Å². The number of amides is 1. The molecule has 1 heterocycles. The van der Waals surface area contributed by atoms with E-state index >= 15 is 0 Å². The Morgan fingerprint density at radius 1 is 1.59 bits per heavy atom. The first-order valence-corrected chi connectivity index (χ1v) is 5.54. The molecule has 0 aromatic carbocycles. The predicted octanol–water partition coefficient (Wildman–Crippen LogP) is 1.27. The Hall–Kier alpha value is -1.47. The first-order valence-electron chi connectivity index (χ1n) is 4.75. The maximum Gasteiger partial charge on any atom is 0.332 e. The normalized spacial score (nSPS) is 11.9. The predicted molar refractivity (Wildman–Crippen MR) is 63.6 cm³/mol. The molecule has 7 heteroatoms. The minimum absolute atomic E-state index is 0.328. The van der Waals surface area contributed by atoms with Crippen LogP contribution in [0.3, 0.4) is 0 Å². The van der Waals surface area contributed by atoms with E-state index in [1.54, 1.807) is 12.1 Å². The number of anilines is 1. The highest BCUT2D eigenvalue weighted by molar-refractivity contribution is 9.10. The summed E-state index contributed by atoms with van der Waals surface area (Å²) in [6.45, 7) is 1.03. The number of carboxylic acids is 1. The van der Waals surface area contributed by atoms with Gasteiger partial charge in [-0.2, -0.15) is 0 Å². The Morgan fingerprint density at radius 3 is 2.82 bits per heavy atom. The Bertz CT molecular complexity index is 407. The van der Waals surface area contributed by atoms with Gasteiger partial charge in [0, 0.05) is 10.7 Å². The monoisotopic (exact) mass is 302 g/mol. The van der Waals surface area contributed by atoms with Crippen molar-refractivity contribution >= 4 is 33.6 Å². The van der Waals surface area contributed by atoms with E-state index in [2.05, 4.69) is 26.2 Å². The third kappa shape index (κ3) is 4.92. The number of nitrogens with zero attached hydrogens (tertiary/aromatic N) is 1. The van der Waals surface area contributed by atoms with Crippen molar-refractivity contribution in [1.29, 1.82) is 0 Å². The summed E-state index contributed by atoms with van der Waals surface area (Å²) >= 11 is 3.21. The first-order chi connectivity index (χ1) is 7.99. The van der Waals surface area contributed by atoms with Crippen LogP contribution >= 0.6 is 15.9 Å². The molecule has 1 aromatic heterocycles. The molecule has 1 aromatic rings. The van der Waals surface area contributed by atoms with Crippen LogP contribution in [0.5, 0.6) is 0 Å². The maximum absolute atomic E-state index is 11.3. The number of halogens is 1. The van der Waals surface area contributed by atoms with Gasteiger partial charge in [0.25, 0.3) is 5.91 Å². The lowest BCUT2D eigenvalue weighted by Crippen LogP contribution is -2.26. The molecule has 0 radical (unpaired) electrons. The zero-order chi connectivity index (χ0) is 12.8. The van der Waals surface area contributed by atoms with Crippen molar-refractivity contribution in [3.8, 4) is 0 Å². The third-order valence-corrected chi connectivity index (χ3v) is 2.28. The van der Waals surface area contributed by atoms with E-state index in [0.29, 0.717) is 5.82 Å². The van der Waals surface area contributed by atoms with Gasteiger partial charge >= 0.3 is 5.97 Å². The summed E-state index contributed by atoms with van der Waals surface area (Å²) in [4.78, 5) is 25.7. The summed E-state index contributed by atoms with van der Waals surface area (Å²) in [5, 5.41) is 11.0. The van der Waals surface area contributed by atoms with Gasteiger partial charge in [0.15, 0.2) is 6.10 Å². The third-order valence-electron chi connectivity index (χ3n) is 1.81. The molecule has 0 aliphatic carbocycles. The molecule has 0 aliphatic rings. The number of carboxylic acid groups (broad SMARTS) is 1. The van der Waals surface area contributed by atoms with Gasteiger partial charge < -0.3 is 15.2 Å². The molecule has 0 spiro atoms. The Kier molecular flexibility index (Phi) is 5.05. The Morgan fingerprint density at radius 2 is 2.29 bits per heavy atom. The van der Waals surface area contributed by atoms with Crippen LogP contribution in [-0.2, 0) is 14.3 Å². The van der Waals surface area contributed by atoms with Crippen molar-refractivity contribution in [2.24, 2.45) is 0 Å². The summed E-state index contributed by atoms with van der Waals surface area (Å²) in [7, 11) is 0. The highest BCUT2D eigenvalue weighted by Gasteiger charge is 2.13. The van der Waals surface area contributed by atoms with Gasteiger partial charge in [0.1, 0.15) is 12.4 Å². The summed E-state index contributed by atoms with van der Waals surface area (Å²) in [5.74, 6) is -1.18. The molecule has 0 bridgehead atoms. The number of nitrogens with one attached hydrogen (secondary N) is 1. The molecular formula is C10H11BrN2O4. The van der Waals surface area contributed by atoms with Crippen molar-refractivity contribution in [3.63, 3.8) is 0 Å². The van der Waals surface area contributed by atoms with Gasteiger partial charge in [-0.15, -0.1) is 0 Å². The summed E-state index contributed by atoms with van der Waals surface area (Å²) < 4.78 is 5.61. The summed E-state index contributed by atoms with van der Waals surface area (Å²) in [5.41, 5.74) is 0. The van der Waals surface area contributed by atoms with Crippen LogP contribution < -0.4 is 5.32 Å². The summed E-state index contributed by atoms with van der Waals surface area (Å²) in [6, 6.07) is 3.34. The zero-order valence-electron chi connectivity index (χ0n) is 9.01. The van der Waals surface area contributed by atoms with E-state index < -0.39 is 18.0 Å². The molecule has 17 heavy (non-hydrogen) atoms. The number of ether oxygens (including phenoxy) is 1. The highest BCUT2D eigenvalue weighted by atomic mass is 79.9. The minimum atomic E-state index is -1.11. The molecule has 6 nitrogen and oxygen atoms in total. The molecule has 0 saturated heterocycles. The van der Waals surface area contributed by atoms with Crippen molar-refractivity contribution < 1.29 is 19.4 Å². The number of hydrogen-bond acceptors (Lipinski definition) is 4. The minimum Gasteiger partial charge on any atom is -0.479 e. The van der Waals surface area contributed by atoms with E-state index in [9.17, 15) is 9.59 Å².